The number of nitrogens with zero attached hydrogens (tertiary/aromatic N) is 2. The number of rotatable bonds is 4. The van der Waals surface area contributed by atoms with Crippen molar-refractivity contribution >= 4 is 23.1 Å². The monoisotopic (exact) mass is 322 g/mol. The van der Waals surface area contributed by atoms with E-state index in [2.05, 4.69) is 26.8 Å². The van der Waals surface area contributed by atoms with Crippen LogP contribution in [0.1, 0.15) is 27.4 Å². The van der Waals surface area contributed by atoms with Crippen LogP contribution >= 0.6 is 0 Å². The molecule has 3 aromatic rings. The van der Waals surface area contributed by atoms with Gasteiger partial charge in [-0.3, -0.25) is 9.78 Å². The standard InChI is InChI=1S/C18H18N4O2/c1-11-6-12(2)8-15(7-11)20-14-4-5-19-16(10-14)18(23)21-17-9-13(3)24-22-17/h4-10H,1-3H3,(H,19,20)(H,21,22,23). The van der Waals surface area contributed by atoms with Crippen LogP contribution in [0.4, 0.5) is 17.2 Å². The predicted octanol–water partition coefficient (Wildman–Crippen LogP) is 3.99. The number of pyridine rings is 1. The average Bonchev–Trinajstić information content (AvgIpc) is 2.91. The summed E-state index contributed by atoms with van der Waals surface area (Å²) in [6.07, 6.45) is 1.59. The van der Waals surface area contributed by atoms with Gasteiger partial charge in [0.05, 0.1) is 0 Å². The van der Waals surface area contributed by atoms with Crippen LogP contribution in [0.25, 0.3) is 0 Å². The SMILES string of the molecule is Cc1cc(C)cc(Nc2ccnc(C(=O)Nc3cc(C)on3)c2)c1. The fourth-order valence-electron chi connectivity index (χ4n) is 2.45. The Labute approximate surface area is 139 Å². The Kier molecular flexibility index (Phi) is 4.29. The van der Waals surface area contributed by atoms with Gasteiger partial charge in [-0.1, -0.05) is 11.2 Å². The Morgan fingerprint density at radius 3 is 2.42 bits per heavy atom. The molecule has 0 fully saturated rings. The number of hydrogen-bond donors (Lipinski definition) is 2. The molecule has 6 heteroatoms. The molecular formula is C18H18N4O2. The molecule has 0 aliphatic heterocycles. The molecule has 0 spiro atoms. The van der Waals surface area contributed by atoms with E-state index >= 15 is 0 Å². The maximum Gasteiger partial charge on any atom is 0.275 e. The van der Waals surface area contributed by atoms with E-state index in [4.69, 9.17) is 4.52 Å². The summed E-state index contributed by atoms with van der Waals surface area (Å²) >= 11 is 0. The van der Waals surface area contributed by atoms with E-state index in [1.165, 1.54) is 11.1 Å². The first kappa shape index (κ1) is 15.7. The number of aromatic nitrogens is 2. The van der Waals surface area contributed by atoms with Crippen molar-refractivity contribution in [3.63, 3.8) is 0 Å². The number of hydrogen-bond acceptors (Lipinski definition) is 5. The van der Waals surface area contributed by atoms with Gasteiger partial charge in [0.25, 0.3) is 5.91 Å². The van der Waals surface area contributed by atoms with Gasteiger partial charge in [-0.15, -0.1) is 0 Å². The molecule has 0 unspecified atom stereocenters. The Morgan fingerprint density at radius 2 is 1.75 bits per heavy atom. The molecule has 0 aliphatic rings. The summed E-state index contributed by atoms with van der Waals surface area (Å²) in [5.41, 5.74) is 4.40. The summed E-state index contributed by atoms with van der Waals surface area (Å²) in [7, 11) is 0. The van der Waals surface area contributed by atoms with Crippen molar-refractivity contribution in [1.29, 1.82) is 0 Å². The van der Waals surface area contributed by atoms with E-state index in [0.717, 1.165) is 11.4 Å². The molecule has 0 radical (unpaired) electrons. The summed E-state index contributed by atoms with van der Waals surface area (Å²) in [5, 5.41) is 9.69. The molecule has 24 heavy (non-hydrogen) atoms. The Balaban J connectivity index is 1.77. The molecule has 2 heterocycles. The van der Waals surface area contributed by atoms with E-state index in [0.29, 0.717) is 17.3 Å². The first-order valence-corrected chi connectivity index (χ1v) is 7.55. The van der Waals surface area contributed by atoms with Gasteiger partial charge in [-0.25, -0.2) is 0 Å². The molecule has 6 nitrogen and oxygen atoms in total. The molecule has 0 saturated heterocycles. The largest absolute Gasteiger partial charge is 0.360 e. The van der Waals surface area contributed by atoms with Gasteiger partial charge in [0.15, 0.2) is 5.82 Å². The summed E-state index contributed by atoms with van der Waals surface area (Å²) in [6, 6.07) is 11.4. The normalized spacial score (nSPS) is 10.5. The Morgan fingerprint density at radius 1 is 1.00 bits per heavy atom. The molecule has 2 N–H and O–H groups in total. The van der Waals surface area contributed by atoms with E-state index in [9.17, 15) is 4.79 Å². The molecule has 0 saturated carbocycles. The smallest absolute Gasteiger partial charge is 0.275 e. The van der Waals surface area contributed by atoms with Gasteiger partial charge < -0.3 is 15.2 Å². The number of amides is 1. The lowest BCUT2D eigenvalue weighted by atomic mass is 10.1. The molecule has 0 atom stereocenters. The second-order valence-corrected chi connectivity index (χ2v) is 5.71. The van der Waals surface area contributed by atoms with Gasteiger partial charge in [0.1, 0.15) is 11.5 Å². The molecule has 0 aliphatic carbocycles. The second-order valence-electron chi connectivity index (χ2n) is 5.71. The van der Waals surface area contributed by atoms with Crippen molar-refractivity contribution in [2.24, 2.45) is 0 Å². The van der Waals surface area contributed by atoms with Gasteiger partial charge >= 0.3 is 0 Å². The highest BCUT2D eigenvalue weighted by atomic mass is 16.5. The number of nitrogens with one attached hydrogen (secondary N) is 2. The van der Waals surface area contributed by atoms with Gasteiger partial charge in [0.2, 0.25) is 0 Å². The summed E-state index contributed by atoms with van der Waals surface area (Å²) in [4.78, 5) is 16.4. The lowest BCUT2D eigenvalue weighted by molar-refractivity contribution is 0.102. The topological polar surface area (TPSA) is 80.0 Å². The highest BCUT2D eigenvalue weighted by molar-refractivity contribution is 6.02. The lowest BCUT2D eigenvalue weighted by Crippen LogP contribution is -2.14. The number of benzene rings is 1. The van der Waals surface area contributed by atoms with Crippen LogP contribution in [0.15, 0.2) is 47.1 Å². The number of carbonyl (C=O) groups excluding carboxylic acids is 1. The first-order valence-electron chi connectivity index (χ1n) is 7.55. The quantitative estimate of drug-likeness (QED) is 0.759. The third-order valence-electron chi connectivity index (χ3n) is 3.37. The van der Waals surface area contributed by atoms with Crippen molar-refractivity contribution in [3.8, 4) is 0 Å². The first-order chi connectivity index (χ1) is 11.5. The van der Waals surface area contributed by atoms with Crippen molar-refractivity contribution in [1.82, 2.24) is 10.1 Å². The number of aryl methyl sites for hydroxylation is 3. The highest BCUT2D eigenvalue weighted by Crippen LogP contribution is 2.20. The van der Waals surface area contributed by atoms with E-state index in [1.807, 2.05) is 32.0 Å². The van der Waals surface area contributed by atoms with Crippen molar-refractivity contribution in [2.45, 2.75) is 20.8 Å². The van der Waals surface area contributed by atoms with E-state index in [1.54, 1.807) is 25.3 Å². The molecule has 122 valence electrons. The van der Waals surface area contributed by atoms with Crippen molar-refractivity contribution in [2.75, 3.05) is 10.6 Å². The molecular weight excluding hydrogens is 304 g/mol. The Bertz CT molecular complexity index is 866. The van der Waals surface area contributed by atoms with Gasteiger partial charge in [-0.05, 0) is 56.2 Å². The van der Waals surface area contributed by atoms with Crippen molar-refractivity contribution in [3.05, 3.63) is 65.2 Å². The van der Waals surface area contributed by atoms with E-state index < -0.39 is 0 Å². The minimum absolute atomic E-state index is 0.296. The summed E-state index contributed by atoms with van der Waals surface area (Å²) in [6.45, 7) is 5.85. The Hall–Kier alpha value is -3.15. The van der Waals surface area contributed by atoms with Crippen LogP contribution in [0, 0.1) is 20.8 Å². The van der Waals surface area contributed by atoms with Gasteiger partial charge in [0, 0.05) is 23.6 Å². The molecule has 1 amide bonds. The third kappa shape index (κ3) is 3.78. The second kappa shape index (κ2) is 6.54. The number of anilines is 3. The summed E-state index contributed by atoms with van der Waals surface area (Å²) in [5.74, 6) is 0.655. The lowest BCUT2D eigenvalue weighted by Gasteiger charge is -2.09. The van der Waals surface area contributed by atoms with Crippen LogP contribution in [-0.2, 0) is 0 Å². The minimum atomic E-state index is -0.340. The number of carbonyl (C=O) groups is 1. The van der Waals surface area contributed by atoms with Crippen LogP contribution in [-0.4, -0.2) is 16.0 Å². The van der Waals surface area contributed by atoms with Crippen LogP contribution in [0.2, 0.25) is 0 Å². The molecule has 2 aromatic heterocycles. The predicted molar refractivity (Wildman–Crippen MR) is 92.6 cm³/mol. The molecule has 3 rings (SSSR count). The van der Waals surface area contributed by atoms with Crippen LogP contribution < -0.4 is 10.6 Å². The molecule has 0 bridgehead atoms. The fraction of sp³-hybridized carbons (Fsp3) is 0.167. The average molecular weight is 322 g/mol. The zero-order chi connectivity index (χ0) is 17.1. The zero-order valence-corrected chi connectivity index (χ0v) is 13.8. The van der Waals surface area contributed by atoms with Crippen LogP contribution in [0.3, 0.4) is 0 Å². The van der Waals surface area contributed by atoms with Gasteiger partial charge in [-0.2, -0.15) is 0 Å². The van der Waals surface area contributed by atoms with E-state index in [-0.39, 0.29) is 5.91 Å². The van der Waals surface area contributed by atoms with Crippen molar-refractivity contribution < 1.29 is 9.32 Å². The minimum Gasteiger partial charge on any atom is -0.360 e. The van der Waals surface area contributed by atoms with Crippen LogP contribution in [0.5, 0.6) is 0 Å². The highest BCUT2D eigenvalue weighted by Gasteiger charge is 2.11. The fourth-order valence-corrected chi connectivity index (χ4v) is 2.45. The maximum atomic E-state index is 12.3. The summed E-state index contributed by atoms with van der Waals surface area (Å²) < 4.78 is 4.93. The zero-order valence-electron chi connectivity index (χ0n) is 13.8. The maximum absolute atomic E-state index is 12.3. The molecule has 1 aromatic carbocycles. The third-order valence-corrected chi connectivity index (χ3v) is 3.37.